The summed E-state index contributed by atoms with van der Waals surface area (Å²) in [4.78, 5) is 24.4. The molecule has 0 N–H and O–H groups in total. The smallest absolute Gasteiger partial charge is 0.293 e. The summed E-state index contributed by atoms with van der Waals surface area (Å²) < 4.78 is 0.271. The van der Waals surface area contributed by atoms with Crippen LogP contribution in [0.5, 0.6) is 0 Å². The molecule has 1 aliphatic rings. The molecule has 0 aliphatic carbocycles. The van der Waals surface area contributed by atoms with Gasteiger partial charge in [0.25, 0.3) is 5.91 Å². The van der Waals surface area contributed by atoms with Gasteiger partial charge in [-0.25, -0.2) is 0 Å². The van der Waals surface area contributed by atoms with Crippen LogP contribution in [0, 0.1) is 0 Å². The van der Waals surface area contributed by atoms with Gasteiger partial charge in [-0.15, -0.1) is 5.06 Å². The van der Waals surface area contributed by atoms with Crippen molar-refractivity contribution in [2.75, 3.05) is 19.0 Å². The lowest BCUT2D eigenvalue weighted by Gasteiger charge is -2.16. The van der Waals surface area contributed by atoms with Crippen molar-refractivity contribution in [3.05, 3.63) is 59.7 Å². The van der Waals surface area contributed by atoms with E-state index in [0.29, 0.717) is 4.91 Å². The van der Waals surface area contributed by atoms with E-state index in [-0.39, 0.29) is 10.2 Å². The van der Waals surface area contributed by atoms with E-state index in [9.17, 15) is 4.79 Å². The third-order valence-corrected chi connectivity index (χ3v) is 4.92. The molecular formula is C18H16N2O3S2. The van der Waals surface area contributed by atoms with E-state index in [0.717, 1.165) is 33.3 Å². The predicted octanol–water partition coefficient (Wildman–Crippen LogP) is 4.11. The molecule has 128 valence electrons. The molecule has 0 spiro atoms. The van der Waals surface area contributed by atoms with Crippen LogP contribution >= 0.6 is 24.0 Å². The number of amides is 1. The summed E-state index contributed by atoms with van der Waals surface area (Å²) in [6, 6.07) is 12.1. The maximum Gasteiger partial charge on any atom is 0.293 e. The number of benzene rings is 2. The Hall–Kier alpha value is -2.35. The van der Waals surface area contributed by atoms with E-state index in [1.54, 1.807) is 0 Å². The molecule has 5 nitrogen and oxygen atoms in total. The lowest BCUT2D eigenvalue weighted by Crippen LogP contribution is -2.27. The van der Waals surface area contributed by atoms with Crippen LogP contribution in [0.15, 0.2) is 54.1 Å². The molecule has 2 aromatic rings. The Morgan fingerprint density at radius 3 is 2.60 bits per heavy atom. The van der Waals surface area contributed by atoms with E-state index in [1.165, 1.54) is 11.8 Å². The van der Waals surface area contributed by atoms with Gasteiger partial charge in [0.15, 0.2) is 4.32 Å². The maximum atomic E-state index is 12.4. The van der Waals surface area contributed by atoms with Gasteiger partial charge in [-0.05, 0) is 35.3 Å². The number of carbonyl (C=O) groups excluding carboxylic acids is 1. The van der Waals surface area contributed by atoms with E-state index >= 15 is 0 Å². The van der Waals surface area contributed by atoms with E-state index in [2.05, 4.69) is 22.4 Å². The van der Waals surface area contributed by atoms with Crippen LogP contribution in [0.2, 0.25) is 0 Å². The van der Waals surface area contributed by atoms with E-state index in [1.807, 2.05) is 50.5 Å². The first-order valence-electron chi connectivity index (χ1n) is 7.44. The first-order chi connectivity index (χ1) is 12.0. The zero-order chi connectivity index (χ0) is 18.0. The quantitative estimate of drug-likeness (QED) is 0.259. The largest absolute Gasteiger partial charge is 0.377 e. The maximum absolute atomic E-state index is 12.4. The Balaban J connectivity index is 2.02. The summed E-state index contributed by atoms with van der Waals surface area (Å²) in [7, 11) is 4.01. The van der Waals surface area contributed by atoms with Crippen LogP contribution in [-0.2, 0) is 14.7 Å². The van der Waals surface area contributed by atoms with Gasteiger partial charge in [-0.2, -0.15) is 0 Å². The molecule has 25 heavy (non-hydrogen) atoms. The minimum absolute atomic E-state index is 0.271. The summed E-state index contributed by atoms with van der Waals surface area (Å²) in [5.41, 5.74) is 2.05. The van der Waals surface area contributed by atoms with E-state index < -0.39 is 0 Å². The summed E-state index contributed by atoms with van der Waals surface area (Å²) in [6.07, 6.45) is 2.90. The number of thiocarbonyl (C=S) groups is 1. The SMILES string of the molecule is C=COON1C(=O)/C(=C\c2ccc(N(C)C)c3ccccc23)SC1=S. The average molecular weight is 372 g/mol. The van der Waals surface area contributed by atoms with Gasteiger partial charge in [-0.3, -0.25) is 4.79 Å². The molecule has 3 rings (SSSR count). The Morgan fingerprint density at radius 2 is 1.92 bits per heavy atom. The molecule has 0 aromatic heterocycles. The Bertz CT molecular complexity index is 893. The molecule has 0 saturated carbocycles. The number of fused-ring (bicyclic) bond motifs is 1. The molecule has 0 radical (unpaired) electrons. The highest BCUT2D eigenvalue weighted by atomic mass is 32.2. The molecule has 7 heteroatoms. The number of hydrogen-bond acceptors (Lipinski definition) is 6. The molecule has 2 aromatic carbocycles. The molecule has 1 amide bonds. The normalized spacial score (nSPS) is 15.9. The fourth-order valence-corrected chi connectivity index (χ4v) is 3.68. The van der Waals surface area contributed by atoms with Gasteiger partial charge in [-0.1, -0.05) is 53.7 Å². The van der Waals surface area contributed by atoms with Gasteiger partial charge in [0, 0.05) is 25.2 Å². The van der Waals surface area contributed by atoms with Gasteiger partial charge >= 0.3 is 0 Å². The first kappa shape index (κ1) is 17.5. The molecule has 1 aliphatic heterocycles. The number of rotatable bonds is 5. The van der Waals surface area contributed by atoms with Gasteiger partial charge in [0.1, 0.15) is 6.26 Å². The van der Waals surface area contributed by atoms with Crippen molar-refractivity contribution in [3.8, 4) is 0 Å². The molecule has 0 bridgehead atoms. The topological polar surface area (TPSA) is 42.0 Å². The highest BCUT2D eigenvalue weighted by Gasteiger charge is 2.34. The van der Waals surface area contributed by atoms with Crippen molar-refractivity contribution in [1.29, 1.82) is 0 Å². The average Bonchev–Trinajstić information content (AvgIpc) is 2.86. The summed E-state index contributed by atoms with van der Waals surface area (Å²) in [6.45, 7) is 3.36. The zero-order valence-corrected chi connectivity index (χ0v) is 15.4. The number of thioether (sulfide) groups is 1. The van der Waals surface area contributed by atoms with Crippen molar-refractivity contribution < 1.29 is 14.7 Å². The van der Waals surface area contributed by atoms with Crippen molar-refractivity contribution in [2.45, 2.75) is 0 Å². The molecule has 1 saturated heterocycles. The van der Waals surface area contributed by atoms with Crippen LogP contribution in [0.1, 0.15) is 5.56 Å². The third-order valence-electron chi connectivity index (χ3n) is 3.65. The summed E-state index contributed by atoms with van der Waals surface area (Å²) in [5, 5.41) is 3.11. The summed E-state index contributed by atoms with van der Waals surface area (Å²) >= 11 is 6.32. The number of anilines is 1. The third kappa shape index (κ3) is 3.39. The number of hydroxylamine groups is 2. The monoisotopic (exact) mass is 372 g/mol. The molecule has 0 atom stereocenters. The van der Waals surface area contributed by atoms with Crippen molar-refractivity contribution in [1.82, 2.24) is 5.06 Å². The number of nitrogens with zero attached hydrogens (tertiary/aromatic N) is 2. The molecular weight excluding hydrogens is 356 g/mol. The molecule has 1 heterocycles. The second kappa shape index (κ2) is 7.26. The minimum atomic E-state index is -0.363. The van der Waals surface area contributed by atoms with Crippen LogP contribution in [0.25, 0.3) is 16.8 Å². The number of hydrogen-bond donors (Lipinski definition) is 0. The lowest BCUT2D eigenvalue weighted by atomic mass is 10.0. The molecule has 0 unspecified atom stereocenters. The van der Waals surface area contributed by atoms with Crippen LogP contribution in [0.3, 0.4) is 0 Å². The summed E-state index contributed by atoms with van der Waals surface area (Å²) in [5.74, 6) is -0.363. The van der Waals surface area contributed by atoms with Crippen LogP contribution in [-0.4, -0.2) is 29.4 Å². The van der Waals surface area contributed by atoms with Crippen LogP contribution < -0.4 is 4.90 Å². The first-order valence-corrected chi connectivity index (χ1v) is 8.67. The Labute approximate surface area is 155 Å². The second-order valence-electron chi connectivity index (χ2n) is 5.43. The van der Waals surface area contributed by atoms with Gasteiger partial charge < -0.3 is 9.79 Å². The Kier molecular flexibility index (Phi) is 5.08. The van der Waals surface area contributed by atoms with Crippen molar-refractivity contribution in [3.63, 3.8) is 0 Å². The van der Waals surface area contributed by atoms with E-state index in [4.69, 9.17) is 17.2 Å². The standard InChI is InChI=1S/C18H16N2O3S2/c1-4-22-23-20-17(21)16(25-18(20)24)11-12-9-10-15(19(2)3)14-8-6-5-7-13(12)14/h4-11H,1H2,2-3H3/b16-11+. The number of carbonyl (C=O) groups is 1. The highest BCUT2D eigenvalue weighted by molar-refractivity contribution is 8.26. The highest BCUT2D eigenvalue weighted by Crippen LogP contribution is 2.35. The van der Waals surface area contributed by atoms with Crippen molar-refractivity contribution >= 4 is 56.7 Å². The predicted molar refractivity (Wildman–Crippen MR) is 106 cm³/mol. The minimum Gasteiger partial charge on any atom is -0.377 e. The van der Waals surface area contributed by atoms with Gasteiger partial charge in [0.05, 0.1) is 4.91 Å². The lowest BCUT2D eigenvalue weighted by molar-refractivity contribution is -0.350. The fourth-order valence-electron chi connectivity index (χ4n) is 2.55. The van der Waals surface area contributed by atoms with Crippen molar-refractivity contribution in [2.24, 2.45) is 0 Å². The second-order valence-corrected chi connectivity index (χ2v) is 7.10. The fraction of sp³-hybridized carbons (Fsp3) is 0.111. The van der Waals surface area contributed by atoms with Crippen LogP contribution in [0.4, 0.5) is 5.69 Å². The zero-order valence-electron chi connectivity index (χ0n) is 13.8. The van der Waals surface area contributed by atoms with Gasteiger partial charge in [0.2, 0.25) is 0 Å². The Morgan fingerprint density at radius 1 is 1.20 bits per heavy atom. The molecule has 1 fully saturated rings.